The van der Waals surface area contributed by atoms with Crippen molar-refractivity contribution in [3.8, 4) is 0 Å². The molecular formula is C17H27NO2S. The average molecular weight is 309 g/mol. The van der Waals surface area contributed by atoms with Crippen LogP contribution in [-0.4, -0.2) is 32.5 Å². The molecule has 1 fully saturated rings. The van der Waals surface area contributed by atoms with E-state index in [-0.39, 0.29) is 5.75 Å². The molecule has 0 aliphatic heterocycles. The molecule has 0 radical (unpaired) electrons. The van der Waals surface area contributed by atoms with E-state index in [1.54, 1.807) is 6.92 Å². The second kappa shape index (κ2) is 7.95. The Labute approximate surface area is 129 Å². The van der Waals surface area contributed by atoms with Crippen molar-refractivity contribution in [3.05, 3.63) is 35.9 Å². The molecule has 3 nitrogen and oxygen atoms in total. The lowest BCUT2D eigenvalue weighted by Gasteiger charge is -2.18. The Balaban J connectivity index is 1.81. The summed E-state index contributed by atoms with van der Waals surface area (Å²) in [6, 6.07) is 11.3. The Hall–Kier alpha value is -0.870. The first-order chi connectivity index (χ1) is 10.1. The first-order valence-corrected chi connectivity index (χ1v) is 9.91. The molecule has 1 aliphatic rings. The predicted octanol–water partition coefficient (Wildman–Crippen LogP) is 3.13. The summed E-state index contributed by atoms with van der Waals surface area (Å²) in [5, 5.41) is 3.61. The van der Waals surface area contributed by atoms with Crippen LogP contribution in [0.1, 0.15) is 50.5 Å². The van der Waals surface area contributed by atoms with Crippen LogP contribution in [0.15, 0.2) is 30.3 Å². The highest BCUT2D eigenvalue weighted by atomic mass is 32.2. The summed E-state index contributed by atoms with van der Waals surface area (Å²) in [6.07, 6.45) is 5.42. The van der Waals surface area contributed by atoms with E-state index in [4.69, 9.17) is 0 Å². The minimum atomic E-state index is -2.81. The Morgan fingerprint density at radius 1 is 1.19 bits per heavy atom. The third kappa shape index (κ3) is 6.18. The van der Waals surface area contributed by atoms with Crippen LogP contribution in [0.25, 0.3) is 0 Å². The Kier molecular flexibility index (Phi) is 6.24. The molecule has 4 heteroatoms. The Morgan fingerprint density at radius 2 is 1.90 bits per heavy atom. The van der Waals surface area contributed by atoms with Crippen LogP contribution in [0.3, 0.4) is 0 Å². The lowest BCUT2D eigenvalue weighted by Crippen LogP contribution is -2.23. The van der Waals surface area contributed by atoms with E-state index in [0.29, 0.717) is 11.7 Å². The van der Waals surface area contributed by atoms with Gasteiger partial charge in [0.1, 0.15) is 9.84 Å². The van der Waals surface area contributed by atoms with Crippen LogP contribution in [0.4, 0.5) is 0 Å². The Bertz CT molecular complexity index is 509. The molecule has 2 rings (SSSR count). The van der Waals surface area contributed by atoms with Crippen molar-refractivity contribution >= 4 is 9.84 Å². The van der Waals surface area contributed by atoms with Gasteiger partial charge in [0.15, 0.2) is 0 Å². The highest BCUT2D eigenvalue weighted by Crippen LogP contribution is 2.24. The van der Waals surface area contributed by atoms with Gasteiger partial charge in [-0.3, -0.25) is 0 Å². The lowest BCUT2D eigenvalue weighted by molar-refractivity contribution is 0.525. The van der Waals surface area contributed by atoms with Crippen molar-refractivity contribution in [3.63, 3.8) is 0 Å². The van der Waals surface area contributed by atoms with E-state index >= 15 is 0 Å². The van der Waals surface area contributed by atoms with Crippen molar-refractivity contribution in [2.45, 2.75) is 51.0 Å². The van der Waals surface area contributed by atoms with E-state index in [1.165, 1.54) is 18.4 Å². The maximum Gasteiger partial charge on any atom is 0.150 e. The molecule has 21 heavy (non-hydrogen) atoms. The van der Waals surface area contributed by atoms with Gasteiger partial charge in [-0.15, -0.1) is 0 Å². The van der Waals surface area contributed by atoms with E-state index in [1.807, 2.05) is 6.07 Å². The molecule has 0 heterocycles. The topological polar surface area (TPSA) is 46.2 Å². The summed E-state index contributed by atoms with van der Waals surface area (Å²) >= 11 is 0. The summed E-state index contributed by atoms with van der Waals surface area (Å²) in [4.78, 5) is 0. The summed E-state index contributed by atoms with van der Waals surface area (Å²) in [5.74, 6) is 1.09. The van der Waals surface area contributed by atoms with Crippen molar-refractivity contribution in [1.82, 2.24) is 5.32 Å². The standard InChI is InChI=1S/C17H27NO2S/c1-2-21(19,20)13-7-6-10-16(14-18-17-11-12-17)15-8-4-3-5-9-15/h3-5,8-9,16-18H,2,6-7,10-14H2,1H3. The van der Waals surface area contributed by atoms with Crippen LogP contribution in [0.2, 0.25) is 0 Å². The molecule has 1 N–H and O–H groups in total. The van der Waals surface area contributed by atoms with Gasteiger partial charge in [0, 0.05) is 18.3 Å². The van der Waals surface area contributed by atoms with Crippen LogP contribution in [-0.2, 0) is 9.84 Å². The smallest absolute Gasteiger partial charge is 0.150 e. The van der Waals surface area contributed by atoms with Gasteiger partial charge in [0.25, 0.3) is 0 Å². The molecule has 1 aromatic rings. The summed E-state index contributed by atoms with van der Waals surface area (Å²) in [5.41, 5.74) is 1.36. The normalized spacial score (nSPS) is 16.8. The molecule has 1 aromatic carbocycles. The van der Waals surface area contributed by atoms with Gasteiger partial charge in [0.05, 0.1) is 5.75 Å². The third-order valence-electron chi connectivity index (χ3n) is 4.20. The molecule has 0 saturated heterocycles. The third-order valence-corrected chi connectivity index (χ3v) is 5.99. The SMILES string of the molecule is CCS(=O)(=O)CCCCC(CNC1CC1)c1ccccc1. The highest BCUT2D eigenvalue weighted by molar-refractivity contribution is 7.91. The molecular weight excluding hydrogens is 282 g/mol. The predicted molar refractivity (Wildman–Crippen MR) is 88.4 cm³/mol. The van der Waals surface area contributed by atoms with E-state index in [9.17, 15) is 8.42 Å². The highest BCUT2D eigenvalue weighted by Gasteiger charge is 2.22. The largest absolute Gasteiger partial charge is 0.313 e. The van der Waals surface area contributed by atoms with Crippen molar-refractivity contribution in [2.24, 2.45) is 0 Å². The maximum absolute atomic E-state index is 11.5. The second-order valence-electron chi connectivity index (χ2n) is 6.02. The number of hydrogen-bond acceptors (Lipinski definition) is 3. The summed E-state index contributed by atoms with van der Waals surface area (Å²) in [6.45, 7) is 2.73. The van der Waals surface area contributed by atoms with Gasteiger partial charge >= 0.3 is 0 Å². The fraction of sp³-hybridized carbons (Fsp3) is 0.647. The van der Waals surface area contributed by atoms with Gasteiger partial charge in [-0.1, -0.05) is 43.7 Å². The monoisotopic (exact) mass is 309 g/mol. The number of hydrogen-bond donors (Lipinski definition) is 1. The number of unbranched alkanes of at least 4 members (excludes halogenated alkanes) is 1. The second-order valence-corrected chi connectivity index (χ2v) is 8.50. The van der Waals surface area contributed by atoms with Crippen LogP contribution < -0.4 is 5.32 Å². The van der Waals surface area contributed by atoms with Crippen molar-refractivity contribution < 1.29 is 8.42 Å². The van der Waals surface area contributed by atoms with Crippen LogP contribution in [0, 0.1) is 0 Å². The molecule has 0 aromatic heterocycles. The van der Waals surface area contributed by atoms with Crippen LogP contribution in [0.5, 0.6) is 0 Å². The zero-order valence-corrected chi connectivity index (χ0v) is 13.7. The lowest BCUT2D eigenvalue weighted by atomic mass is 9.93. The van der Waals surface area contributed by atoms with E-state index in [2.05, 4.69) is 29.6 Å². The fourth-order valence-electron chi connectivity index (χ4n) is 2.57. The fourth-order valence-corrected chi connectivity index (χ4v) is 3.50. The average Bonchev–Trinajstić information content (AvgIpc) is 3.31. The van der Waals surface area contributed by atoms with Gasteiger partial charge in [0.2, 0.25) is 0 Å². The summed E-state index contributed by atoms with van der Waals surface area (Å²) < 4.78 is 23.0. The first-order valence-electron chi connectivity index (χ1n) is 8.09. The molecule has 1 saturated carbocycles. The van der Waals surface area contributed by atoms with Gasteiger partial charge in [-0.05, 0) is 37.2 Å². The molecule has 0 spiro atoms. The molecule has 118 valence electrons. The molecule has 1 aliphatic carbocycles. The Morgan fingerprint density at radius 3 is 2.52 bits per heavy atom. The number of nitrogens with one attached hydrogen (secondary N) is 1. The molecule has 0 amide bonds. The van der Waals surface area contributed by atoms with Crippen molar-refractivity contribution in [2.75, 3.05) is 18.1 Å². The molecule has 0 bridgehead atoms. The van der Waals surface area contributed by atoms with Gasteiger partial charge < -0.3 is 5.32 Å². The van der Waals surface area contributed by atoms with Crippen molar-refractivity contribution in [1.29, 1.82) is 0 Å². The molecule has 1 atom stereocenters. The van der Waals surface area contributed by atoms with Gasteiger partial charge in [-0.2, -0.15) is 0 Å². The minimum Gasteiger partial charge on any atom is -0.313 e. The van der Waals surface area contributed by atoms with E-state index in [0.717, 1.165) is 31.8 Å². The van der Waals surface area contributed by atoms with Crippen LogP contribution >= 0.6 is 0 Å². The number of sulfone groups is 1. The maximum atomic E-state index is 11.5. The first kappa shape index (κ1) is 16.5. The zero-order valence-electron chi connectivity index (χ0n) is 12.9. The number of rotatable bonds is 10. The van der Waals surface area contributed by atoms with E-state index < -0.39 is 9.84 Å². The zero-order chi connectivity index (χ0) is 15.1. The summed E-state index contributed by atoms with van der Waals surface area (Å²) in [7, 11) is -2.81. The molecule has 1 unspecified atom stereocenters. The quantitative estimate of drug-likeness (QED) is 0.675. The minimum absolute atomic E-state index is 0.262. The van der Waals surface area contributed by atoms with Gasteiger partial charge in [-0.25, -0.2) is 8.42 Å². The number of benzene rings is 1.